The summed E-state index contributed by atoms with van der Waals surface area (Å²) < 4.78 is 1.29. The first-order chi connectivity index (χ1) is 11.9. The maximum atomic E-state index is 12.6. The molecular formula is C16H17N5O4. The minimum atomic E-state index is -0.503. The normalized spacial score (nSPS) is 14.4. The Balaban J connectivity index is 1.89. The fourth-order valence-electron chi connectivity index (χ4n) is 2.51. The standard InChI is InChI=1S/C16H17N5O4/c1-9(17-18-15(22)11-3-4-11)14-10(2)19-20(16(14)23)12-5-7-13(8-6-12)21(24)25/h5-8,11,19H,3-4H2,1-2H3,(H,18,22)/b17-9+. The van der Waals surface area contributed by atoms with Crippen LogP contribution in [0.2, 0.25) is 0 Å². The van der Waals surface area contributed by atoms with Crippen molar-refractivity contribution < 1.29 is 9.72 Å². The molecule has 1 fully saturated rings. The molecule has 1 amide bonds. The topological polar surface area (TPSA) is 122 Å². The molecule has 2 N–H and O–H groups in total. The van der Waals surface area contributed by atoms with E-state index in [4.69, 9.17) is 0 Å². The number of nitrogens with zero attached hydrogens (tertiary/aromatic N) is 3. The van der Waals surface area contributed by atoms with Crippen LogP contribution in [0.15, 0.2) is 34.2 Å². The lowest BCUT2D eigenvalue weighted by atomic mass is 10.2. The monoisotopic (exact) mass is 343 g/mol. The Labute approximate surface area is 142 Å². The number of benzene rings is 1. The van der Waals surface area contributed by atoms with Crippen molar-refractivity contribution in [1.82, 2.24) is 15.2 Å². The van der Waals surface area contributed by atoms with Gasteiger partial charge in [-0.25, -0.2) is 10.1 Å². The highest BCUT2D eigenvalue weighted by atomic mass is 16.6. The van der Waals surface area contributed by atoms with Gasteiger partial charge in [0.05, 0.1) is 21.9 Å². The molecule has 130 valence electrons. The van der Waals surface area contributed by atoms with Crippen LogP contribution in [0.25, 0.3) is 5.69 Å². The Bertz CT molecular complexity index is 919. The number of non-ortho nitro benzene ring substituents is 1. The molecule has 2 aromatic rings. The van der Waals surface area contributed by atoms with Crippen molar-refractivity contribution in [2.75, 3.05) is 0 Å². The summed E-state index contributed by atoms with van der Waals surface area (Å²) in [6.45, 7) is 3.37. The molecule has 25 heavy (non-hydrogen) atoms. The smallest absolute Gasteiger partial charge is 0.280 e. The Morgan fingerprint density at radius 1 is 1.36 bits per heavy atom. The van der Waals surface area contributed by atoms with Crippen LogP contribution in [0.1, 0.15) is 31.0 Å². The maximum absolute atomic E-state index is 12.6. The van der Waals surface area contributed by atoms with Gasteiger partial charge in [0.25, 0.3) is 11.2 Å². The largest absolute Gasteiger partial charge is 0.295 e. The van der Waals surface area contributed by atoms with Gasteiger partial charge in [-0.1, -0.05) is 0 Å². The minimum Gasteiger partial charge on any atom is -0.295 e. The van der Waals surface area contributed by atoms with E-state index in [9.17, 15) is 19.7 Å². The zero-order chi connectivity index (χ0) is 18.1. The zero-order valence-corrected chi connectivity index (χ0v) is 13.8. The third-order valence-electron chi connectivity index (χ3n) is 4.03. The first-order valence-corrected chi connectivity index (χ1v) is 7.79. The Morgan fingerprint density at radius 3 is 2.56 bits per heavy atom. The van der Waals surface area contributed by atoms with E-state index >= 15 is 0 Å². The van der Waals surface area contributed by atoms with Gasteiger partial charge in [0.1, 0.15) is 0 Å². The molecule has 1 aromatic carbocycles. The summed E-state index contributed by atoms with van der Waals surface area (Å²) in [5.74, 6) is -0.108. The van der Waals surface area contributed by atoms with Crippen molar-refractivity contribution in [3.05, 3.63) is 56.0 Å². The van der Waals surface area contributed by atoms with Gasteiger partial charge in [-0.2, -0.15) is 5.10 Å². The molecule has 3 rings (SSSR count). The predicted molar refractivity (Wildman–Crippen MR) is 90.9 cm³/mol. The molecule has 1 aromatic heterocycles. The summed E-state index contributed by atoms with van der Waals surface area (Å²) in [4.78, 5) is 34.5. The van der Waals surface area contributed by atoms with Crippen LogP contribution in [0.3, 0.4) is 0 Å². The summed E-state index contributed by atoms with van der Waals surface area (Å²) in [6.07, 6.45) is 1.74. The highest BCUT2D eigenvalue weighted by Crippen LogP contribution is 2.28. The first-order valence-electron chi connectivity index (χ1n) is 7.79. The molecule has 1 heterocycles. The van der Waals surface area contributed by atoms with Crippen LogP contribution < -0.4 is 11.0 Å². The number of carbonyl (C=O) groups is 1. The molecule has 0 aliphatic heterocycles. The van der Waals surface area contributed by atoms with E-state index in [1.165, 1.54) is 28.9 Å². The number of hydrazone groups is 1. The van der Waals surface area contributed by atoms with Crippen LogP contribution in [-0.2, 0) is 4.79 Å². The number of hydrogen-bond donors (Lipinski definition) is 2. The number of hydrogen-bond acceptors (Lipinski definition) is 5. The van der Waals surface area contributed by atoms with Crippen LogP contribution in [-0.4, -0.2) is 26.3 Å². The number of aromatic nitrogens is 2. The average Bonchev–Trinajstić information content (AvgIpc) is 3.38. The summed E-state index contributed by atoms with van der Waals surface area (Å²) in [6, 6.07) is 5.63. The van der Waals surface area contributed by atoms with E-state index in [2.05, 4.69) is 15.6 Å². The molecular weight excluding hydrogens is 326 g/mol. The van der Waals surface area contributed by atoms with Crippen LogP contribution in [0.4, 0.5) is 5.69 Å². The Hall–Kier alpha value is -3.23. The number of aryl methyl sites for hydroxylation is 1. The average molecular weight is 343 g/mol. The predicted octanol–water partition coefficient (Wildman–Crippen LogP) is 1.63. The van der Waals surface area contributed by atoms with Gasteiger partial charge in [0.15, 0.2) is 0 Å². The van der Waals surface area contributed by atoms with Gasteiger partial charge in [0, 0.05) is 23.7 Å². The zero-order valence-electron chi connectivity index (χ0n) is 13.8. The number of aromatic amines is 1. The molecule has 9 nitrogen and oxygen atoms in total. The van der Waals surface area contributed by atoms with E-state index in [-0.39, 0.29) is 23.1 Å². The fourth-order valence-corrected chi connectivity index (χ4v) is 2.51. The molecule has 0 spiro atoms. The Kier molecular flexibility index (Phi) is 4.22. The van der Waals surface area contributed by atoms with Crippen LogP contribution >= 0.6 is 0 Å². The summed E-state index contributed by atoms with van der Waals surface area (Å²) in [5, 5.41) is 17.7. The SMILES string of the molecule is C/C(=N\NC(=O)C1CC1)c1c(C)[nH]n(-c2ccc([N+](=O)[O-])cc2)c1=O. The first kappa shape index (κ1) is 16.6. The second kappa shape index (κ2) is 6.34. The number of H-pyrrole nitrogens is 1. The number of nitro groups is 1. The molecule has 1 aliphatic rings. The van der Waals surface area contributed by atoms with Crippen molar-refractivity contribution in [2.45, 2.75) is 26.7 Å². The lowest BCUT2D eigenvalue weighted by Crippen LogP contribution is -2.24. The van der Waals surface area contributed by atoms with E-state index in [0.29, 0.717) is 22.7 Å². The second-order valence-electron chi connectivity index (χ2n) is 5.97. The molecule has 0 saturated heterocycles. The fraction of sp³-hybridized carbons (Fsp3) is 0.312. The van der Waals surface area contributed by atoms with E-state index < -0.39 is 4.92 Å². The van der Waals surface area contributed by atoms with Crippen molar-refractivity contribution in [1.29, 1.82) is 0 Å². The second-order valence-corrected chi connectivity index (χ2v) is 5.97. The summed E-state index contributed by atoms with van der Waals surface area (Å²) >= 11 is 0. The van der Waals surface area contributed by atoms with Gasteiger partial charge in [-0.15, -0.1) is 0 Å². The van der Waals surface area contributed by atoms with E-state index in [1.807, 2.05) is 0 Å². The molecule has 9 heteroatoms. The quantitative estimate of drug-likeness (QED) is 0.486. The summed E-state index contributed by atoms with van der Waals surface area (Å²) in [7, 11) is 0. The van der Waals surface area contributed by atoms with Gasteiger partial charge in [-0.3, -0.25) is 24.8 Å². The van der Waals surface area contributed by atoms with Crippen LogP contribution in [0.5, 0.6) is 0 Å². The minimum absolute atomic E-state index is 0.0284. The van der Waals surface area contributed by atoms with Crippen molar-refractivity contribution in [3.8, 4) is 5.69 Å². The van der Waals surface area contributed by atoms with Gasteiger partial charge in [-0.05, 0) is 38.8 Å². The Morgan fingerprint density at radius 2 is 2.00 bits per heavy atom. The van der Waals surface area contributed by atoms with E-state index in [1.54, 1.807) is 13.8 Å². The lowest BCUT2D eigenvalue weighted by Gasteiger charge is -2.01. The summed E-state index contributed by atoms with van der Waals surface area (Å²) in [5.41, 5.74) is 3.90. The number of carbonyl (C=O) groups excluding carboxylic acids is 1. The van der Waals surface area contributed by atoms with Crippen molar-refractivity contribution in [3.63, 3.8) is 0 Å². The highest BCUT2D eigenvalue weighted by molar-refractivity contribution is 6.00. The van der Waals surface area contributed by atoms with Crippen LogP contribution in [0, 0.1) is 23.0 Å². The maximum Gasteiger partial charge on any atom is 0.280 e. The van der Waals surface area contributed by atoms with Gasteiger partial charge < -0.3 is 0 Å². The van der Waals surface area contributed by atoms with Gasteiger partial charge >= 0.3 is 0 Å². The number of rotatable bonds is 5. The number of nitrogens with one attached hydrogen (secondary N) is 2. The molecule has 1 saturated carbocycles. The molecule has 1 aliphatic carbocycles. The highest BCUT2D eigenvalue weighted by Gasteiger charge is 2.29. The number of nitro benzene ring substituents is 1. The third kappa shape index (κ3) is 3.35. The molecule has 0 atom stereocenters. The molecule has 0 unspecified atom stereocenters. The van der Waals surface area contributed by atoms with Gasteiger partial charge in [0.2, 0.25) is 5.91 Å². The molecule has 0 bridgehead atoms. The number of amides is 1. The molecule has 0 radical (unpaired) electrons. The van der Waals surface area contributed by atoms with Crippen molar-refractivity contribution in [2.24, 2.45) is 11.0 Å². The van der Waals surface area contributed by atoms with E-state index in [0.717, 1.165) is 12.8 Å². The van der Waals surface area contributed by atoms with Crippen molar-refractivity contribution >= 4 is 17.3 Å². The third-order valence-corrected chi connectivity index (χ3v) is 4.03. The lowest BCUT2D eigenvalue weighted by molar-refractivity contribution is -0.384.